The Kier molecular flexibility index (Phi) is 5.47. The number of carbonyl (C=O) groups is 1. The van der Waals surface area contributed by atoms with E-state index in [1.807, 2.05) is 24.3 Å². The zero-order valence-electron chi connectivity index (χ0n) is 11.9. The summed E-state index contributed by atoms with van der Waals surface area (Å²) in [5, 5.41) is 13.6. The maximum atomic E-state index is 11.4. The molecule has 23 heavy (non-hydrogen) atoms. The first-order valence-corrected chi connectivity index (χ1v) is 7.33. The summed E-state index contributed by atoms with van der Waals surface area (Å²) in [4.78, 5) is 25.3. The summed E-state index contributed by atoms with van der Waals surface area (Å²) < 4.78 is 6.43. The number of halogens is 1. The summed E-state index contributed by atoms with van der Waals surface area (Å²) >= 11 is 3.34. The summed E-state index contributed by atoms with van der Waals surface area (Å²) in [6, 6.07) is 8.44. The molecule has 3 N–H and O–H groups in total. The summed E-state index contributed by atoms with van der Waals surface area (Å²) in [6.07, 6.45) is 1.06. The Morgan fingerprint density at radius 3 is 2.87 bits per heavy atom. The third-order valence-corrected chi connectivity index (χ3v) is 3.30. The van der Waals surface area contributed by atoms with Crippen molar-refractivity contribution >= 4 is 33.3 Å². The summed E-state index contributed by atoms with van der Waals surface area (Å²) in [5.41, 5.74) is 4.88. The molecule has 8 nitrogen and oxygen atoms in total. The third kappa shape index (κ3) is 4.65. The van der Waals surface area contributed by atoms with Crippen LogP contribution in [0.25, 0.3) is 0 Å². The van der Waals surface area contributed by atoms with Crippen molar-refractivity contribution in [2.75, 3.05) is 18.5 Å². The minimum Gasteiger partial charge on any atom is -0.492 e. The van der Waals surface area contributed by atoms with Crippen LogP contribution in [0, 0.1) is 10.1 Å². The van der Waals surface area contributed by atoms with Crippen LogP contribution in [0.2, 0.25) is 0 Å². The van der Waals surface area contributed by atoms with Gasteiger partial charge in [-0.25, -0.2) is 4.98 Å². The zero-order chi connectivity index (χ0) is 16.8. The quantitative estimate of drug-likeness (QED) is 0.432. The molecule has 1 aromatic carbocycles. The molecule has 2 rings (SSSR count). The highest BCUT2D eigenvalue weighted by molar-refractivity contribution is 9.10. The van der Waals surface area contributed by atoms with Gasteiger partial charge in [0.25, 0.3) is 11.6 Å². The van der Waals surface area contributed by atoms with Crippen LogP contribution >= 0.6 is 15.9 Å². The minimum absolute atomic E-state index is 0.0401. The van der Waals surface area contributed by atoms with Crippen LogP contribution < -0.4 is 15.8 Å². The number of ether oxygens (including phenoxy) is 1. The molecule has 0 atom stereocenters. The number of hydrogen-bond acceptors (Lipinski definition) is 6. The molecule has 0 fully saturated rings. The summed E-state index contributed by atoms with van der Waals surface area (Å²) in [6.45, 7) is 0.658. The molecular formula is C14H13BrN4O4. The SMILES string of the molecule is NC(=O)c1cc([N+](=O)[O-])cnc1NCCOc1cccc(Br)c1. The van der Waals surface area contributed by atoms with Crippen LogP contribution in [0.4, 0.5) is 11.5 Å². The molecule has 0 bridgehead atoms. The first kappa shape index (κ1) is 16.7. The fourth-order valence-corrected chi connectivity index (χ4v) is 2.16. The van der Waals surface area contributed by atoms with Gasteiger partial charge in [0.1, 0.15) is 24.4 Å². The van der Waals surface area contributed by atoms with Crippen LogP contribution in [-0.4, -0.2) is 29.0 Å². The fourth-order valence-electron chi connectivity index (χ4n) is 1.78. The summed E-state index contributed by atoms with van der Waals surface area (Å²) in [5.74, 6) is 0.0745. The van der Waals surface area contributed by atoms with Gasteiger partial charge in [0.05, 0.1) is 17.0 Å². The lowest BCUT2D eigenvalue weighted by molar-refractivity contribution is -0.385. The second-order valence-corrected chi connectivity index (χ2v) is 5.36. The number of anilines is 1. The van der Waals surface area contributed by atoms with Crippen LogP contribution in [-0.2, 0) is 0 Å². The number of nitrogens with two attached hydrogens (primary N) is 1. The lowest BCUT2D eigenvalue weighted by atomic mass is 10.2. The van der Waals surface area contributed by atoms with Gasteiger partial charge < -0.3 is 15.8 Å². The molecule has 9 heteroatoms. The molecule has 120 valence electrons. The maximum Gasteiger partial charge on any atom is 0.288 e. The smallest absolute Gasteiger partial charge is 0.288 e. The molecule has 0 unspecified atom stereocenters. The van der Waals surface area contributed by atoms with Crippen LogP contribution in [0.3, 0.4) is 0 Å². The highest BCUT2D eigenvalue weighted by Gasteiger charge is 2.15. The van der Waals surface area contributed by atoms with Crippen molar-refractivity contribution in [1.82, 2.24) is 4.98 Å². The number of nitrogens with zero attached hydrogens (tertiary/aromatic N) is 2. The van der Waals surface area contributed by atoms with E-state index in [2.05, 4.69) is 26.2 Å². The molecule has 0 aliphatic carbocycles. The molecule has 1 heterocycles. The van der Waals surface area contributed by atoms with Crippen molar-refractivity contribution in [3.63, 3.8) is 0 Å². The Bertz CT molecular complexity index is 738. The Morgan fingerprint density at radius 1 is 1.43 bits per heavy atom. The van der Waals surface area contributed by atoms with Crippen LogP contribution in [0.1, 0.15) is 10.4 Å². The molecule has 0 aliphatic rings. The number of rotatable bonds is 7. The van der Waals surface area contributed by atoms with E-state index < -0.39 is 10.8 Å². The number of carbonyl (C=O) groups excluding carboxylic acids is 1. The van der Waals surface area contributed by atoms with E-state index in [9.17, 15) is 14.9 Å². The van der Waals surface area contributed by atoms with Crippen molar-refractivity contribution in [3.8, 4) is 5.75 Å². The van der Waals surface area contributed by atoms with Crippen LogP contribution in [0.15, 0.2) is 41.0 Å². The van der Waals surface area contributed by atoms with Gasteiger partial charge in [-0.3, -0.25) is 14.9 Å². The highest BCUT2D eigenvalue weighted by Crippen LogP contribution is 2.19. The molecule has 1 amide bonds. The van der Waals surface area contributed by atoms with E-state index in [1.54, 1.807) is 0 Å². The molecule has 0 aliphatic heterocycles. The van der Waals surface area contributed by atoms with Crippen molar-refractivity contribution in [2.45, 2.75) is 0 Å². The van der Waals surface area contributed by atoms with Crippen molar-refractivity contribution in [2.24, 2.45) is 5.73 Å². The topological polar surface area (TPSA) is 120 Å². The average molecular weight is 381 g/mol. The van der Waals surface area contributed by atoms with E-state index >= 15 is 0 Å². The highest BCUT2D eigenvalue weighted by atomic mass is 79.9. The molecule has 0 spiro atoms. The van der Waals surface area contributed by atoms with Gasteiger partial charge in [-0.1, -0.05) is 22.0 Å². The number of amides is 1. The van der Waals surface area contributed by atoms with E-state index in [0.29, 0.717) is 18.9 Å². The maximum absolute atomic E-state index is 11.4. The van der Waals surface area contributed by atoms with Crippen LogP contribution in [0.5, 0.6) is 5.75 Å². The first-order chi connectivity index (χ1) is 11.0. The third-order valence-electron chi connectivity index (χ3n) is 2.81. The molecule has 2 aromatic rings. The molecule has 0 saturated carbocycles. The standard InChI is InChI=1S/C14H13BrN4O4/c15-9-2-1-3-11(6-9)23-5-4-17-14-12(13(16)20)7-10(8-18-14)19(21)22/h1-3,6-8H,4-5H2,(H2,16,20)(H,17,18). The van der Waals surface area contributed by atoms with Gasteiger partial charge in [-0.15, -0.1) is 0 Å². The number of nitrogens with one attached hydrogen (secondary N) is 1. The van der Waals surface area contributed by atoms with Gasteiger partial charge in [0.2, 0.25) is 0 Å². The lowest BCUT2D eigenvalue weighted by Gasteiger charge is -2.10. The Hall–Kier alpha value is -2.68. The number of primary amides is 1. The number of nitro groups is 1. The van der Waals surface area contributed by atoms with E-state index in [0.717, 1.165) is 16.7 Å². The minimum atomic E-state index is -0.795. The van der Waals surface area contributed by atoms with Gasteiger partial charge in [0.15, 0.2) is 0 Å². The second-order valence-electron chi connectivity index (χ2n) is 4.44. The predicted octanol–water partition coefficient (Wildman–Crippen LogP) is 2.34. The van der Waals surface area contributed by atoms with E-state index in [4.69, 9.17) is 10.5 Å². The Labute approximate surface area is 139 Å². The Balaban J connectivity index is 1.97. The van der Waals surface area contributed by atoms with Crippen molar-refractivity contribution < 1.29 is 14.5 Å². The molecule has 0 saturated heterocycles. The average Bonchev–Trinajstić information content (AvgIpc) is 2.51. The lowest BCUT2D eigenvalue weighted by Crippen LogP contribution is -2.18. The monoisotopic (exact) mass is 380 g/mol. The molecule has 1 aromatic heterocycles. The van der Waals surface area contributed by atoms with Gasteiger partial charge in [0, 0.05) is 10.5 Å². The Morgan fingerprint density at radius 2 is 2.22 bits per heavy atom. The van der Waals surface area contributed by atoms with Crippen molar-refractivity contribution in [3.05, 3.63) is 56.7 Å². The van der Waals surface area contributed by atoms with E-state index in [-0.39, 0.29) is 17.1 Å². The predicted molar refractivity (Wildman–Crippen MR) is 87.5 cm³/mol. The largest absolute Gasteiger partial charge is 0.492 e. The zero-order valence-corrected chi connectivity index (χ0v) is 13.4. The van der Waals surface area contributed by atoms with Gasteiger partial charge in [-0.2, -0.15) is 0 Å². The van der Waals surface area contributed by atoms with Crippen molar-refractivity contribution in [1.29, 1.82) is 0 Å². The number of aromatic nitrogens is 1. The number of hydrogen-bond donors (Lipinski definition) is 2. The van der Waals surface area contributed by atoms with Gasteiger partial charge >= 0.3 is 0 Å². The van der Waals surface area contributed by atoms with Gasteiger partial charge in [-0.05, 0) is 18.2 Å². The first-order valence-electron chi connectivity index (χ1n) is 6.54. The number of pyridine rings is 1. The number of benzene rings is 1. The normalized spacial score (nSPS) is 10.1. The van der Waals surface area contributed by atoms with E-state index in [1.165, 1.54) is 0 Å². The molecular weight excluding hydrogens is 368 g/mol. The summed E-state index contributed by atoms with van der Waals surface area (Å²) in [7, 11) is 0. The second kappa shape index (κ2) is 7.54. The molecule has 0 radical (unpaired) electrons. The fraction of sp³-hybridized carbons (Fsp3) is 0.143.